The van der Waals surface area contributed by atoms with Gasteiger partial charge < -0.3 is 10.0 Å². The Kier molecular flexibility index (Phi) is 5.59. The lowest BCUT2D eigenvalue weighted by molar-refractivity contribution is -0.136. The van der Waals surface area contributed by atoms with E-state index >= 15 is 0 Å². The molecule has 2 unspecified atom stereocenters. The highest BCUT2D eigenvalue weighted by Gasteiger charge is 2.26. The lowest BCUT2D eigenvalue weighted by Crippen LogP contribution is -2.38. The summed E-state index contributed by atoms with van der Waals surface area (Å²) in [6.45, 7) is 2.50. The van der Waals surface area contributed by atoms with Gasteiger partial charge in [-0.3, -0.25) is 4.79 Å². The van der Waals surface area contributed by atoms with Gasteiger partial charge in [0.25, 0.3) is 0 Å². The van der Waals surface area contributed by atoms with Gasteiger partial charge in [0.15, 0.2) is 9.84 Å². The van der Waals surface area contributed by atoms with E-state index in [1.54, 1.807) is 0 Å². The van der Waals surface area contributed by atoms with E-state index in [1.807, 2.05) is 7.05 Å². The average molecular weight is 277 g/mol. The Morgan fingerprint density at radius 1 is 1.44 bits per heavy atom. The molecule has 0 aromatic rings. The molecule has 0 radical (unpaired) electrons. The van der Waals surface area contributed by atoms with Crippen molar-refractivity contribution in [1.82, 2.24) is 4.90 Å². The van der Waals surface area contributed by atoms with E-state index < -0.39 is 21.1 Å². The standard InChI is InChI=1S/C12H23NO4S/c1-10(9-12(14)15)18(16,17)8-6-11-5-3-4-7-13(11)2/h10-11H,3-9H2,1-2H3,(H,14,15). The number of hydrogen-bond donors (Lipinski definition) is 1. The molecule has 1 fully saturated rings. The highest BCUT2D eigenvalue weighted by atomic mass is 32.2. The number of sulfone groups is 1. The second-order valence-electron chi connectivity index (χ2n) is 5.19. The number of piperidine rings is 1. The number of hydrogen-bond acceptors (Lipinski definition) is 4. The Balaban J connectivity index is 2.47. The Hall–Kier alpha value is -0.620. The van der Waals surface area contributed by atoms with Crippen molar-refractivity contribution in [2.24, 2.45) is 0 Å². The van der Waals surface area contributed by atoms with Crippen LogP contribution in [0.5, 0.6) is 0 Å². The summed E-state index contributed by atoms with van der Waals surface area (Å²) in [5.41, 5.74) is 0. The van der Waals surface area contributed by atoms with Crippen molar-refractivity contribution in [3.05, 3.63) is 0 Å². The monoisotopic (exact) mass is 277 g/mol. The van der Waals surface area contributed by atoms with Crippen LogP contribution >= 0.6 is 0 Å². The van der Waals surface area contributed by atoms with Gasteiger partial charge in [0.1, 0.15) is 0 Å². The zero-order valence-electron chi connectivity index (χ0n) is 11.1. The van der Waals surface area contributed by atoms with Gasteiger partial charge in [-0.15, -0.1) is 0 Å². The first-order valence-corrected chi connectivity index (χ1v) is 8.18. The van der Waals surface area contributed by atoms with Crippen LogP contribution in [0.2, 0.25) is 0 Å². The average Bonchev–Trinajstić information content (AvgIpc) is 2.27. The van der Waals surface area contributed by atoms with Crippen molar-refractivity contribution in [3.8, 4) is 0 Å². The normalized spacial score (nSPS) is 23.8. The first-order chi connectivity index (χ1) is 8.33. The molecule has 0 aliphatic carbocycles. The van der Waals surface area contributed by atoms with E-state index in [1.165, 1.54) is 13.3 Å². The Labute approximate surface area is 109 Å². The zero-order chi connectivity index (χ0) is 13.8. The van der Waals surface area contributed by atoms with Crippen molar-refractivity contribution in [3.63, 3.8) is 0 Å². The van der Waals surface area contributed by atoms with Gasteiger partial charge >= 0.3 is 5.97 Å². The maximum absolute atomic E-state index is 11.9. The van der Waals surface area contributed by atoms with E-state index in [0.717, 1.165) is 19.4 Å². The van der Waals surface area contributed by atoms with Crippen LogP contribution in [0.25, 0.3) is 0 Å². The fraction of sp³-hybridized carbons (Fsp3) is 0.917. The Morgan fingerprint density at radius 3 is 2.67 bits per heavy atom. The van der Waals surface area contributed by atoms with Crippen molar-refractivity contribution in [2.45, 2.75) is 50.3 Å². The minimum atomic E-state index is -3.29. The molecule has 1 N–H and O–H groups in total. The molecule has 2 atom stereocenters. The van der Waals surface area contributed by atoms with Crippen LogP contribution in [-0.2, 0) is 14.6 Å². The van der Waals surface area contributed by atoms with E-state index in [-0.39, 0.29) is 12.2 Å². The van der Waals surface area contributed by atoms with Crippen LogP contribution in [-0.4, -0.2) is 55.0 Å². The third kappa shape index (κ3) is 4.57. The summed E-state index contributed by atoms with van der Waals surface area (Å²) >= 11 is 0. The lowest BCUT2D eigenvalue weighted by Gasteiger charge is -2.32. The molecule has 0 aromatic heterocycles. The van der Waals surface area contributed by atoms with Crippen LogP contribution in [0.15, 0.2) is 0 Å². The predicted octanol–water partition coefficient (Wildman–Crippen LogP) is 1.14. The SMILES string of the molecule is CC(CC(=O)O)S(=O)(=O)CCC1CCCCN1C. The largest absolute Gasteiger partial charge is 0.481 e. The zero-order valence-corrected chi connectivity index (χ0v) is 11.9. The summed E-state index contributed by atoms with van der Waals surface area (Å²) in [5, 5.41) is 7.85. The molecule has 0 spiro atoms. The van der Waals surface area contributed by atoms with Gasteiger partial charge in [-0.05, 0) is 39.8 Å². The lowest BCUT2D eigenvalue weighted by atomic mass is 10.0. The third-order valence-electron chi connectivity index (χ3n) is 3.73. The summed E-state index contributed by atoms with van der Waals surface area (Å²) < 4.78 is 23.9. The summed E-state index contributed by atoms with van der Waals surface area (Å²) in [6.07, 6.45) is 3.68. The quantitative estimate of drug-likeness (QED) is 0.788. The van der Waals surface area contributed by atoms with E-state index in [9.17, 15) is 13.2 Å². The molecule has 6 heteroatoms. The topological polar surface area (TPSA) is 74.7 Å². The van der Waals surface area contributed by atoms with Crippen molar-refractivity contribution in [1.29, 1.82) is 0 Å². The highest BCUT2D eigenvalue weighted by molar-refractivity contribution is 7.92. The fourth-order valence-electron chi connectivity index (χ4n) is 2.38. The van der Waals surface area contributed by atoms with Crippen LogP contribution in [0.4, 0.5) is 0 Å². The molecule has 0 saturated carbocycles. The number of aliphatic carboxylic acids is 1. The molecular formula is C12H23NO4S. The number of rotatable bonds is 6. The van der Waals surface area contributed by atoms with Gasteiger partial charge in [0, 0.05) is 6.04 Å². The molecule has 0 aromatic carbocycles. The maximum atomic E-state index is 11.9. The summed E-state index contributed by atoms with van der Waals surface area (Å²) in [6, 6.07) is 0.325. The second kappa shape index (κ2) is 6.52. The number of carboxylic acids is 1. The molecular weight excluding hydrogens is 254 g/mol. The van der Waals surface area contributed by atoms with Gasteiger partial charge in [-0.25, -0.2) is 8.42 Å². The summed E-state index contributed by atoms with van der Waals surface area (Å²) in [4.78, 5) is 12.8. The predicted molar refractivity (Wildman–Crippen MR) is 70.4 cm³/mol. The maximum Gasteiger partial charge on any atom is 0.304 e. The van der Waals surface area contributed by atoms with E-state index in [0.29, 0.717) is 12.5 Å². The van der Waals surface area contributed by atoms with E-state index in [2.05, 4.69) is 4.90 Å². The molecule has 1 saturated heterocycles. The number of nitrogens with zero attached hydrogens (tertiary/aromatic N) is 1. The van der Waals surface area contributed by atoms with Gasteiger partial charge in [0.05, 0.1) is 17.4 Å². The van der Waals surface area contributed by atoms with Crippen LogP contribution in [0.1, 0.15) is 39.0 Å². The summed E-state index contributed by atoms with van der Waals surface area (Å²) in [5.74, 6) is -0.961. The molecule has 0 bridgehead atoms. The number of carbonyl (C=O) groups is 1. The second-order valence-corrected chi connectivity index (χ2v) is 7.73. The molecule has 0 amide bonds. The summed E-state index contributed by atoms with van der Waals surface area (Å²) in [7, 11) is -1.26. The minimum Gasteiger partial charge on any atom is -0.481 e. The molecule has 106 valence electrons. The van der Waals surface area contributed by atoms with Crippen LogP contribution < -0.4 is 0 Å². The van der Waals surface area contributed by atoms with Gasteiger partial charge in [-0.2, -0.15) is 0 Å². The Bertz CT molecular complexity index is 380. The highest BCUT2D eigenvalue weighted by Crippen LogP contribution is 2.19. The molecule has 5 nitrogen and oxygen atoms in total. The number of carboxylic acid groups (broad SMARTS) is 1. The van der Waals surface area contributed by atoms with Gasteiger partial charge in [0.2, 0.25) is 0 Å². The Morgan fingerprint density at radius 2 is 2.11 bits per heavy atom. The first kappa shape index (κ1) is 15.4. The van der Waals surface area contributed by atoms with Crippen molar-refractivity contribution >= 4 is 15.8 Å². The molecule has 1 aliphatic heterocycles. The number of likely N-dealkylation sites (tertiary alicyclic amines) is 1. The minimum absolute atomic E-state index is 0.0937. The van der Waals surface area contributed by atoms with E-state index in [4.69, 9.17) is 5.11 Å². The third-order valence-corrected chi connectivity index (χ3v) is 5.93. The molecule has 1 rings (SSSR count). The van der Waals surface area contributed by atoms with Crippen LogP contribution in [0, 0.1) is 0 Å². The van der Waals surface area contributed by atoms with Gasteiger partial charge in [-0.1, -0.05) is 6.42 Å². The first-order valence-electron chi connectivity index (χ1n) is 6.46. The van der Waals surface area contributed by atoms with Crippen LogP contribution in [0.3, 0.4) is 0 Å². The smallest absolute Gasteiger partial charge is 0.304 e. The molecule has 18 heavy (non-hydrogen) atoms. The molecule has 1 aliphatic rings. The van der Waals surface area contributed by atoms with Crippen molar-refractivity contribution < 1.29 is 18.3 Å². The molecule has 1 heterocycles. The fourth-order valence-corrected chi connectivity index (χ4v) is 3.78. The van der Waals surface area contributed by atoms with Crippen molar-refractivity contribution in [2.75, 3.05) is 19.3 Å².